The zero-order valence-corrected chi connectivity index (χ0v) is 13.0. The van der Waals surface area contributed by atoms with Crippen LogP contribution in [0.5, 0.6) is 0 Å². The van der Waals surface area contributed by atoms with Crippen molar-refractivity contribution in [1.82, 2.24) is 4.98 Å². The van der Waals surface area contributed by atoms with Gasteiger partial charge in [-0.1, -0.05) is 32.4 Å². The molecule has 0 spiro atoms. The molecule has 92 valence electrons. The fraction of sp³-hybridized carbons (Fsp3) is 0.444. The summed E-state index contributed by atoms with van der Waals surface area (Å²) in [6.45, 7) is 6.35. The van der Waals surface area contributed by atoms with Gasteiger partial charge >= 0.3 is 5.20 Å². The van der Waals surface area contributed by atoms with Crippen molar-refractivity contribution in [2.24, 2.45) is 0 Å². The van der Waals surface area contributed by atoms with Crippen LogP contribution in [0.4, 0.5) is 0 Å². The molecule has 7 heteroatoms. The summed E-state index contributed by atoms with van der Waals surface area (Å²) >= 11 is 19.7. The van der Waals surface area contributed by atoms with Crippen molar-refractivity contribution in [3.8, 4) is 0 Å². The Morgan fingerprint density at radius 3 is 1.94 bits per heavy atom. The van der Waals surface area contributed by atoms with Gasteiger partial charge in [-0.25, -0.2) is 0 Å². The van der Waals surface area contributed by atoms with E-state index in [-0.39, 0.29) is 5.41 Å². The fourth-order valence-electron chi connectivity index (χ4n) is 0.815. The van der Waals surface area contributed by atoms with Gasteiger partial charge in [-0.05, 0) is 45.9 Å². The summed E-state index contributed by atoms with van der Waals surface area (Å²) < 4.78 is 9.51. The zero-order valence-electron chi connectivity index (χ0n) is 9.05. The van der Waals surface area contributed by atoms with Crippen LogP contribution >= 0.6 is 50.5 Å². The molecule has 0 radical (unpaired) electrons. The number of hydrogen-bond donors (Lipinski definition) is 0. The Bertz CT molecular complexity index is 377. The van der Waals surface area contributed by atoms with Crippen molar-refractivity contribution < 1.29 is 4.57 Å². The monoisotopic (exact) mass is 321 g/mol. The lowest BCUT2D eigenvalue weighted by atomic mass is 9.92. The highest BCUT2D eigenvalue weighted by molar-refractivity contribution is 8.24. The second-order valence-electron chi connectivity index (χ2n) is 4.01. The van der Waals surface area contributed by atoms with E-state index in [9.17, 15) is 4.57 Å². The first kappa shape index (κ1) is 16.5. The molecule has 16 heavy (non-hydrogen) atoms. The molecule has 1 rings (SSSR count). The Kier molecular flexibility index (Phi) is 6.68. The van der Waals surface area contributed by atoms with Gasteiger partial charge in [0.1, 0.15) is 0 Å². The molecule has 1 aromatic rings. The first-order chi connectivity index (χ1) is 7.00. The maximum atomic E-state index is 9.51. The average molecular weight is 323 g/mol. The highest BCUT2D eigenvalue weighted by Crippen LogP contribution is 2.61. The van der Waals surface area contributed by atoms with Crippen LogP contribution in [-0.2, 0) is 9.98 Å². The molecule has 0 atom stereocenters. The van der Waals surface area contributed by atoms with E-state index in [1.165, 1.54) is 0 Å². The summed E-state index contributed by atoms with van der Waals surface area (Å²) in [6.07, 6.45) is 1.74. The molecule has 0 aliphatic rings. The molecule has 1 aromatic heterocycles. The molecule has 0 saturated carbocycles. The third-order valence-corrected chi connectivity index (χ3v) is 1.73. The van der Waals surface area contributed by atoms with Crippen LogP contribution in [0.3, 0.4) is 0 Å². The van der Waals surface area contributed by atoms with Crippen molar-refractivity contribution in [2.75, 3.05) is 0 Å². The van der Waals surface area contributed by atoms with E-state index >= 15 is 0 Å². The van der Waals surface area contributed by atoms with E-state index in [4.69, 9.17) is 11.6 Å². The van der Waals surface area contributed by atoms with Gasteiger partial charge in [0.05, 0.1) is 0 Å². The first-order valence-electron chi connectivity index (χ1n) is 4.31. The Morgan fingerprint density at radius 1 is 1.25 bits per heavy atom. The lowest BCUT2D eigenvalue weighted by Gasteiger charge is -2.16. The molecule has 1 heterocycles. The summed E-state index contributed by atoms with van der Waals surface area (Å²) in [5, 5.41) is -2.47. The minimum atomic E-state index is -3.22. The molecule has 0 unspecified atom stereocenters. The lowest BCUT2D eigenvalue weighted by Crippen LogP contribution is -2.12. The zero-order chi connectivity index (χ0) is 13.0. The number of halogens is 4. The van der Waals surface area contributed by atoms with E-state index in [0.29, 0.717) is 0 Å². The van der Waals surface area contributed by atoms with Gasteiger partial charge in [0.15, 0.2) is 0 Å². The number of hydrogen-bond acceptors (Lipinski definition) is 2. The Morgan fingerprint density at radius 2 is 1.69 bits per heavy atom. The molecule has 0 aromatic carbocycles. The minimum absolute atomic E-state index is 0.0882. The van der Waals surface area contributed by atoms with Gasteiger partial charge in [-0.2, -0.15) is 0 Å². The summed E-state index contributed by atoms with van der Waals surface area (Å²) in [4.78, 5) is 4.23. The van der Waals surface area contributed by atoms with E-state index < -0.39 is 5.20 Å². The van der Waals surface area contributed by atoms with Gasteiger partial charge in [0, 0.05) is 22.3 Å². The highest BCUT2D eigenvalue weighted by atomic mass is 36.0. The summed E-state index contributed by atoms with van der Waals surface area (Å²) in [6, 6.07) is 3.69. The van der Waals surface area contributed by atoms with Crippen molar-refractivity contribution in [2.45, 2.75) is 26.2 Å². The molecule has 0 fully saturated rings. The normalized spacial score (nSPS) is 11.7. The van der Waals surface area contributed by atoms with Crippen molar-refractivity contribution >= 4 is 50.5 Å². The predicted molar refractivity (Wildman–Crippen MR) is 73.1 cm³/mol. The topological polar surface area (TPSA) is 30.0 Å². The molecule has 0 aliphatic heterocycles. The molecule has 0 amide bonds. The highest BCUT2D eigenvalue weighted by Gasteiger charge is 2.14. The van der Waals surface area contributed by atoms with Gasteiger partial charge < -0.3 is 0 Å². The van der Waals surface area contributed by atoms with Gasteiger partial charge in [0.2, 0.25) is 0 Å². The van der Waals surface area contributed by atoms with Gasteiger partial charge in [-0.15, -0.1) is 0 Å². The van der Waals surface area contributed by atoms with Crippen molar-refractivity contribution in [3.05, 3.63) is 29.0 Å². The first-order valence-corrected chi connectivity index (χ1v) is 9.11. The SMILES string of the molecule is CC(C)(C)c1cc(Cl)ccn1.O=P(Cl)(Cl)Cl. The van der Waals surface area contributed by atoms with Crippen LogP contribution in [-0.4, -0.2) is 4.98 Å². The van der Waals surface area contributed by atoms with E-state index in [0.717, 1.165) is 10.7 Å². The largest absolute Gasteiger partial charge is 0.339 e. The smallest absolute Gasteiger partial charge is 0.271 e. The third-order valence-electron chi connectivity index (χ3n) is 1.49. The van der Waals surface area contributed by atoms with E-state index in [1.54, 1.807) is 12.3 Å². The molecule has 0 bridgehead atoms. The molecular formula is C9H12Cl4NOP. The van der Waals surface area contributed by atoms with Crippen LogP contribution in [0.1, 0.15) is 26.5 Å². The Labute approximate surface area is 115 Å². The number of aromatic nitrogens is 1. The number of rotatable bonds is 0. The van der Waals surface area contributed by atoms with Crippen LogP contribution in [0.15, 0.2) is 18.3 Å². The Hall–Kier alpha value is 0.540. The van der Waals surface area contributed by atoms with Crippen LogP contribution in [0.2, 0.25) is 5.02 Å². The summed E-state index contributed by atoms with van der Waals surface area (Å²) in [5.74, 6) is 0. The second-order valence-corrected chi connectivity index (χ2v) is 11.1. The van der Waals surface area contributed by atoms with Gasteiger partial charge in [-0.3, -0.25) is 9.55 Å². The summed E-state index contributed by atoms with van der Waals surface area (Å²) in [7, 11) is 0. The molecule has 0 N–H and O–H groups in total. The number of nitrogens with zero attached hydrogens (tertiary/aromatic N) is 1. The third kappa shape index (κ3) is 9.74. The van der Waals surface area contributed by atoms with E-state index in [1.807, 2.05) is 6.07 Å². The quantitative estimate of drug-likeness (QED) is 0.561. The minimum Gasteiger partial charge on any atom is -0.271 e. The standard InChI is InChI=1S/C9H12ClN.Cl3OP/c1-9(2,3)8-6-7(10)4-5-11-8;1-5(2,3)4/h4-6H,1-3H3;. The molecule has 0 saturated heterocycles. The summed E-state index contributed by atoms with van der Waals surface area (Å²) in [5.41, 5.74) is 1.12. The van der Waals surface area contributed by atoms with Crippen LogP contribution in [0, 0.1) is 0 Å². The number of pyridine rings is 1. The Balaban J connectivity index is 0.000000385. The second kappa shape index (κ2) is 6.47. The fourth-order valence-corrected chi connectivity index (χ4v) is 0.975. The van der Waals surface area contributed by atoms with Crippen molar-refractivity contribution in [1.29, 1.82) is 0 Å². The maximum Gasteiger partial charge on any atom is 0.339 e. The van der Waals surface area contributed by atoms with Gasteiger partial charge in [0.25, 0.3) is 0 Å². The molecule has 2 nitrogen and oxygen atoms in total. The predicted octanol–water partition coefficient (Wildman–Crippen LogP) is 5.84. The van der Waals surface area contributed by atoms with Crippen LogP contribution < -0.4 is 0 Å². The lowest BCUT2D eigenvalue weighted by molar-refractivity contribution is 0.569. The van der Waals surface area contributed by atoms with Crippen LogP contribution in [0.25, 0.3) is 0 Å². The molecule has 0 aliphatic carbocycles. The van der Waals surface area contributed by atoms with Crippen molar-refractivity contribution in [3.63, 3.8) is 0 Å². The maximum absolute atomic E-state index is 9.51. The average Bonchev–Trinajstić information content (AvgIpc) is 1.99. The molecular weight excluding hydrogens is 311 g/mol. The van der Waals surface area contributed by atoms with E-state index in [2.05, 4.69) is 59.5 Å².